The third kappa shape index (κ3) is 6.23. The van der Waals surface area contributed by atoms with E-state index in [1.165, 1.54) is 11.1 Å². The zero-order valence-electron chi connectivity index (χ0n) is 21.7. The minimum atomic E-state index is -1.00. The number of rotatable bonds is 7. The van der Waals surface area contributed by atoms with Crippen LogP contribution in [0.2, 0.25) is 26.2 Å². The molecule has 0 saturated carbocycles. The average molecular weight is 465 g/mol. The van der Waals surface area contributed by atoms with Crippen molar-refractivity contribution in [2.24, 2.45) is 5.41 Å². The van der Waals surface area contributed by atoms with Crippen LogP contribution in [0.4, 0.5) is 0 Å². The van der Waals surface area contributed by atoms with Gasteiger partial charge in [0.15, 0.2) is 0 Å². The molecule has 0 N–H and O–H groups in total. The Kier molecular flexibility index (Phi) is 8.64. The van der Waals surface area contributed by atoms with Crippen molar-refractivity contribution in [1.82, 2.24) is 0 Å². The van der Waals surface area contributed by atoms with Crippen molar-refractivity contribution in [3.63, 3.8) is 0 Å². The van der Waals surface area contributed by atoms with Crippen LogP contribution in [-0.2, 0) is 24.9 Å². The molecule has 2 rings (SSSR count). The normalized spacial score (nSPS) is 18.5. The molecule has 1 aromatic carbocycles. The van der Waals surface area contributed by atoms with Crippen molar-refractivity contribution in [1.29, 1.82) is 0 Å². The molecule has 1 saturated heterocycles. The van der Waals surface area contributed by atoms with Gasteiger partial charge in [-0.15, -0.1) is 0 Å². The van der Waals surface area contributed by atoms with Gasteiger partial charge in [0.05, 0.1) is 6.10 Å². The van der Waals surface area contributed by atoms with E-state index in [1.807, 2.05) is 7.11 Å². The van der Waals surface area contributed by atoms with Crippen LogP contribution in [0.3, 0.4) is 0 Å². The van der Waals surface area contributed by atoms with Crippen molar-refractivity contribution in [2.75, 3.05) is 20.3 Å². The molecule has 1 heterocycles. The first kappa shape index (κ1) is 26.6. The molecule has 0 bridgehead atoms. The van der Waals surface area contributed by atoms with Crippen LogP contribution in [-0.4, -0.2) is 38.4 Å². The minimum Gasteiger partial charge on any atom is -0.542 e. The summed E-state index contributed by atoms with van der Waals surface area (Å²) < 4.78 is 25.4. The van der Waals surface area contributed by atoms with Gasteiger partial charge in [-0.05, 0) is 42.6 Å². The van der Waals surface area contributed by atoms with Crippen LogP contribution in [0.25, 0.3) is 0 Å². The van der Waals surface area contributed by atoms with Crippen LogP contribution >= 0.6 is 0 Å². The van der Waals surface area contributed by atoms with Crippen LogP contribution in [0.15, 0.2) is 12.1 Å². The first-order valence-electron chi connectivity index (χ1n) is 11.5. The van der Waals surface area contributed by atoms with E-state index in [4.69, 9.17) is 18.3 Å². The number of hydrogen-bond acceptors (Lipinski definition) is 4. The lowest BCUT2D eigenvalue weighted by Crippen LogP contribution is -2.38. The molecule has 176 valence electrons. The Bertz CT molecular complexity index is 726. The smallest absolute Gasteiger partial charge is 0.274 e. The highest BCUT2D eigenvalue weighted by molar-refractivity contribution is 6.49. The van der Waals surface area contributed by atoms with E-state index in [-0.39, 0.29) is 22.5 Å². The minimum absolute atomic E-state index is 0.0302. The summed E-state index contributed by atoms with van der Waals surface area (Å²) >= 11 is 0. The summed E-state index contributed by atoms with van der Waals surface area (Å²) in [6, 6.07) is 4.55. The Labute approximate surface area is 194 Å². The van der Waals surface area contributed by atoms with Gasteiger partial charge in [-0.3, -0.25) is 0 Å². The fourth-order valence-electron chi connectivity index (χ4n) is 4.38. The Hall–Kier alpha value is -0.666. The fraction of sp³-hybridized carbons (Fsp3) is 0.760. The summed E-state index contributed by atoms with van der Waals surface area (Å²) in [5.74, 6) is 0.998. The maximum atomic E-state index is 6.76. The van der Waals surface area contributed by atoms with Crippen LogP contribution in [0, 0.1) is 5.41 Å². The molecule has 0 spiro atoms. The molecule has 31 heavy (non-hydrogen) atoms. The second kappa shape index (κ2) is 10.1. The highest BCUT2D eigenvalue weighted by Crippen LogP contribution is 2.51. The van der Waals surface area contributed by atoms with Gasteiger partial charge in [-0.25, -0.2) is 0 Å². The molecule has 1 aliphatic rings. The van der Waals surface area contributed by atoms with E-state index >= 15 is 0 Å². The molecule has 0 aromatic heterocycles. The largest absolute Gasteiger partial charge is 0.542 e. The molecule has 2 radical (unpaired) electrons. The van der Waals surface area contributed by atoms with Crippen LogP contribution < -0.4 is 4.43 Å². The van der Waals surface area contributed by atoms with Crippen molar-refractivity contribution in [3.8, 4) is 5.75 Å². The lowest BCUT2D eigenvalue weighted by molar-refractivity contribution is -0.0956. The monoisotopic (exact) mass is 464 g/mol. The van der Waals surface area contributed by atoms with Crippen molar-refractivity contribution >= 4 is 18.1 Å². The zero-order chi connectivity index (χ0) is 23.6. The van der Waals surface area contributed by atoms with E-state index in [0.717, 1.165) is 24.2 Å². The zero-order valence-corrected chi connectivity index (χ0v) is 23.7. The van der Waals surface area contributed by atoms with Crippen molar-refractivity contribution < 1.29 is 18.3 Å². The maximum absolute atomic E-state index is 6.76. The van der Waals surface area contributed by atoms with Crippen LogP contribution in [0.1, 0.15) is 77.2 Å². The van der Waals surface area contributed by atoms with Gasteiger partial charge in [-0.1, -0.05) is 53.7 Å². The molecule has 1 fully saturated rings. The van der Waals surface area contributed by atoms with Gasteiger partial charge in [0.25, 0.3) is 9.04 Å². The summed E-state index contributed by atoms with van der Waals surface area (Å²) in [5, 5.41) is 0. The molecule has 0 amide bonds. The Balaban J connectivity index is 2.91. The highest BCUT2D eigenvalue weighted by Gasteiger charge is 2.42. The molecule has 6 heteroatoms. The van der Waals surface area contributed by atoms with Crippen molar-refractivity contribution in [2.45, 2.75) is 97.7 Å². The first-order valence-corrected chi connectivity index (χ1v) is 16.3. The van der Waals surface area contributed by atoms with Gasteiger partial charge in [-0.2, -0.15) is 0 Å². The molecule has 4 nitrogen and oxygen atoms in total. The molecule has 0 aliphatic carbocycles. The summed E-state index contributed by atoms with van der Waals surface area (Å²) in [6.45, 7) is 23.9. The molecule has 1 atom stereocenters. The molecule has 1 aliphatic heterocycles. The standard InChI is InChI=1S/C25H44O4Si2/c1-23(2,3)18-12-13-19(25(26-7)14-16-27-17-15-25)21(28-30(8)9)20(18)22(24(4,5)6)29-31(10)11/h12-13,22H,14-17H2,1-11H3. The molecular formula is C25H44O4Si2. The number of ether oxygens (including phenoxy) is 2. The quantitative estimate of drug-likeness (QED) is 0.425. The third-order valence-corrected chi connectivity index (χ3v) is 7.21. The van der Waals surface area contributed by atoms with Gasteiger partial charge >= 0.3 is 0 Å². The second-order valence-electron chi connectivity index (χ2n) is 11.2. The fourth-order valence-corrected chi connectivity index (χ4v) is 5.95. The number of benzene rings is 1. The Morgan fingerprint density at radius 2 is 1.52 bits per heavy atom. The van der Waals surface area contributed by atoms with Gasteiger partial charge in [0.1, 0.15) is 11.4 Å². The third-order valence-electron chi connectivity index (χ3n) is 5.89. The van der Waals surface area contributed by atoms with E-state index in [1.54, 1.807) is 0 Å². The molecule has 1 aromatic rings. The maximum Gasteiger partial charge on any atom is 0.274 e. The van der Waals surface area contributed by atoms with Gasteiger partial charge < -0.3 is 18.3 Å². The first-order chi connectivity index (χ1) is 14.2. The highest BCUT2D eigenvalue weighted by atomic mass is 28.3. The van der Waals surface area contributed by atoms with Gasteiger partial charge in [0, 0.05) is 44.3 Å². The van der Waals surface area contributed by atoms with E-state index in [2.05, 4.69) is 79.9 Å². The number of hydrogen-bond donors (Lipinski definition) is 0. The van der Waals surface area contributed by atoms with Crippen LogP contribution in [0.5, 0.6) is 5.75 Å². The number of methoxy groups -OCH3 is 1. The Morgan fingerprint density at radius 3 is 1.94 bits per heavy atom. The van der Waals surface area contributed by atoms with Gasteiger partial charge in [0.2, 0.25) is 9.04 Å². The predicted octanol–water partition coefficient (Wildman–Crippen LogP) is 6.62. The molecule has 1 unspecified atom stereocenters. The van der Waals surface area contributed by atoms with E-state index in [0.29, 0.717) is 13.2 Å². The average Bonchev–Trinajstić information content (AvgIpc) is 2.64. The molecular weight excluding hydrogens is 420 g/mol. The topological polar surface area (TPSA) is 36.9 Å². The summed E-state index contributed by atoms with van der Waals surface area (Å²) in [6.07, 6.45) is 1.62. The SMILES string of the molecule is COC1(c2ccc(C(C)(C)C)c(C(O[Si](C)C)C(C)(C)C)c2O[Si](C)C)CCOCC1. The lowest BCUT2D eigenvalue weighted by Gasteiger charge is -2.42. The van der Waals surface area contributed by atoms with Crippen molar-refractivity contribution in [3.05, 3.63) is 28.8 Å². The summed E-state index contributed by atoms with van der Waals surface area (Å²) in [7, 11) is -0.103. The summed E-state index contributed by atoms with van der Waals surface area (Å²) in [5.41, 5.74) is 3.20. The summed E-state index contributed by atoms with van der Waals surface area (Å²) in [4.78, 5) is 0. The van der Waals surface area contributed by atoms with E-state index < -0.39 is 18.1 Å². The predicted molar refractivity (Wildman–Crippen MR) is 133 cm³/mol. The lowest BCUT2D eigenvalue weighted by atomic mass is 9.73. The van der Waals surface area contributed by atoms with E-state index in [9.17, 15) is 0 Å². The second-order valence-corrected chi connectivity index (χ2v) is 15.3. The Morgan fingerprint density at radius 1 is 0.935 bits per heavy atom.